The number of carboxylic acids is 1. The molecule has 5 nitrogen and oxygen atoms in total. The molecule has 0 aromatic rings. The highest BCUT2D eigenvalue weighted by molar-refractivity contribution is 5.77. The predicted octanol–water partition coefficient (Wildman–Crippen LogP) is 0.304. The number of hydrogen-bond donors (Lipinski definition) is 1. The Labute approximate surface area is 97.0 Å². The van der Waals surface area contributed by atoms with Gasteiger partial charge in [-0.15, -0.1) is 0 Å². The minimum atomic E-state index is -0.803. The van der Waals surface area contributed by atoms with Crippen molar-refractivity contribution < 1.29 is 14.7 Å². The number of rotatable bonds is 9. The van der Waals surface area contributed by atoms with E-state index in [1.807, 2.05) is 23.8 Å². The molecule has 0 atom stereocenters. The number of ketones is 1. The molecule has 0 saturated carbocycles. The number of aliphatic carboxylic acids is 1. The summed E-state index contributed by atoms with van der Waals surface area (Å²) in [5, 5.41) is 8.71. The van der Waals surface area contributed by atoms with E-state index in [0.29, 0.717) is 19.6 Å². The zero-order valence-corrected chi connectivity index (χ0v) is 10.4. The molecule has 0 aromatic carbocycles. The van der Waals surface area contributed by atoms with E-state index in [4.69, 9.17) is 5.11 Å². The average Bonchev–Trinajstić information content (AvgIpc) is 2.12. The molecule has 0 saturated heterocycles. The second-order valence-corrected chi connectivity index (χ2v) is 4.11. The summed E-state index contributed by atoms with van der Waals surface area (Å²) in [6, 6.07) is 0. The van der Waals surface area contributed by atoms with Gasteiger partial charge in [-0.1, -0.05) is 6.92 Å². The maximum Gasteiger partial charge on any atom is 0.317 e. The Bertz CT molecular complexity index is 231. The normalized spacial score (nSPS) is 11.1. The zero-order valence-electron chi connectivity index (χ0n) is 10.4. The van der Waals surface area contributed by atoms with Crippen molar-refractivity contribution >= 4 is 11.8 Å². The van der Waals surface area contributed by atoms with Crippen molar-refractivity contribution in [3.8, 4) is 0 Å². The van der Waals surface area contributed by atoms with Gasteiger partial charge >= 0.3 is 5.97 Å². The molecule has 0 unspecified atom stereocenters. The van der Waals surface area contributed by atoms with Crippen LogP contribution in [-0.2, 0) is 9.59 Å². The Morgan fingerprint density at radius 2 is 1.75 bits per heavy atom. The van der Waals surface area contributed by atoms with Crippen molar-refractivity contribution in [1.82, 2.24) is 9.80 Å². The molecule has 0 aromatic heterocycles. The largest absolute Gasteiger partial charge is 0.480 e. The fraction of sp³-hybridized carbons (Fsp3) is 0.818. The number of Topliss-reactive ketones (excluding diaryl/α,β-unsaturated/α-hetero) is 1. The lowest BCUT2D eigenvalue weighted by Crippen LogP contribution is -2.38. The summed E-state index contributed by atoms with van der Waals surface area (Å²) in [5.74, 6) is -0.676. The van der Waals surface area contributed by atoms with Gasteiger partial charge in [0.2, 0.25) is 0 Å². The average molecular weight is 230 g/mol. The number of carboxylic acid groups (broad SMARTS) is 1. The Morgan fingerprint density at radius 1 is 1.12 bits per heavy atom. The van der Waals surface area contributed by atoms with Gasteiger partial charge < -0.3 is 5.11 Å². The molecule has 0 aliphatic rings. The van der Waals surface area contributed by atoms with Gasteiger partial charge in [0.1, 0.15) is 5.78 Å². The predicted molar refractivity (Wildman–Crippen MR) is 62.5 cm³/mol. The van der Waals surface area contributed by atoms with Crippen molar-refractivity contribution in [3.05, 3.63) is 0 Å². The quantitative estimate of drug-likeness (QED) is 0.617. The smallest absolute Gasteiger partial charge is 0.317 e. The lowest BCUT2D eigenvalue weighted by molar-refractivity contribution is -0.138. The summed E-state index contributed by atoms with van der Waals surface area (Å²) in [4.78, 5) is 25.2. The third-order valence-electron chi connectivity index (χ3n) is 2.19. The summed E-state index contributed by atoms with van der Waals surface area (Å²) < 4.78 is 0. The highest BCUT2D eigenvalue weighted by Crippen LogP contribution is 1.93. The van der Waals surface area contributed by atoms with Gasteiger partial charge in [-0.25, -0.2) is 0 Å². The Balaban J connectivity index is 3.90. The van der Waals surface area contributed by atoms with Crippen LogP contribution in [0, 0.1) is 0 Å². The molecule has 1 N–H and O–H groups in total. The third-order valence-corrected chi connectivity index (χ3v) is 2.19. The summed E-state index contributed by atoms with van der Waals surface area (Å²) in [6.45, 7) is 6.25. The first-order chi connectivity index (χ1) is 7.45. The minimum Gasteiger partial charge on any atom is -0.480 e. The fourth-order valence-electron chi connectivity index (χ4n) is 1.55. The van der Waals surface area contributed by atoms with Gasteiger partial charge in [-0.2, -0.15) is 0 Å². The van der Waals surface area contributed by atoms with Crippen molar-refractivity contribution in [2.45, 2.75) is 20.3 Å². The highest BCUT2D eigenvalue weighted by Gasteiger charge is 2.10. The van der Waals surface area contributed by atoms with Crippen LogP contribution in [0.15, 0.2) is 0 Å². The molecule has 0 bridgehead atoms. The van der Waals surface area contributed by atoms with Crippen LogP contribution in [0.4, 0.5) is 0 Å². The number of carbonyl (C=O) groups is 2. The Kier molecular flexibility index (Phi) is 7.76. The molecule has 0 rings (SSSR count). The first-order valence-corrected chi connectivity index (χ1v) is 5.57. The molecule has 5 heteroatoms. The maximum absolute atomic E-state index is 10.9. The van der Waals surface area contributed by atoms with Crippen molar-refractivity contribution in [2.24, 2.45) is 0 Å². The van der Waals surface area contributed by atoms with Crippen LogP contribution < -0.4 is 0 Å². The van der Waals surface area contributed by atoms with Crippen LogP contribution in [0.5, 0.6) is 0 Å². The van der Waals surface area contributed by atoms with Crippen molar-refractivity contribution in [3.63, 3.8) is 0 Å². The van der Waals surface area contributed by atoms with E-state index in [2.05, 4.69) is 0 Å². The summed E-state index contributed by atoms with van der Waals surface area (Å²) in [6.07, 6.45) is 0.934. The standard InChI is InChI=1S/C11H22N2O3/c1-4-5-13(9-11(15)16)7-6-12(3)8-10(2)14/h4-9H2,1-3H3,(H,15,16). The first-order valence-electron chi connectivity index (χ1n) is 5.57. The topological polar surface area (TPSA) is 60.9 Å². The molecule has 0 spiro atoms. The van der Waals surface area contributed by atoms with Crippen molar-refractivity contribution in [2.75, 3.05) is 39.8 Å². The molecule has 0 fully saturated rings. The number of likely N-dealkylation sites (N-methyl/N-ethyl adjacent to an activating group) is 1. The van der Waals surface area contributed by atoms with Gasteiger partial charge in [-0.3, -0.25) is 19.4 Å². The maximum atomic E-state index is 10.9. The van der Waals surface area contributed by atoms with E-state index in [-0.39, 0.29) is 12.3 Å². The van der Waals surface area contributed by atoms with Gasteiger partial charge in [-0.05, 0) is 26.9 Å². The van der Waals surface area contributed by atoms with Crippen LogP contribution >= 0.6 is 0 Å². The van der Waals surface area contributed by atoms with Crippen LogP contribution in [0.1, 0.15) is 20.3 Å². The molecule has 16 heavy (non-hydrogen) atoms. The zero-order chi connectivity index (χ0) is 12.6. The van der Waals surface area contributed by atoms with Crippen LogP contribution in [-0.4, -0.2) is 66.4 Å². The molecule has 0 amide bonds. The summed E-state index contributed by atoms with van der Waals surface area (Å²) in [7, 11) is 1.87. The van der Waals surface area contributed by atoms with E-state index in [0.717, 1.165) is 13.0 Å². The lowest BCUT2D eigenvalue weighted by atomic mass is 10.3. The summed E-state index contributed by atoms with van der Waals surface area (Å²) in [5.41, 5.74) is 0. The van der Waals surface area contributed by atoms with E-state index in [1.54, 1.807) is 6.92 Å². The van der Waals surface area contributed by atoms with Crippen LogP contribution in [0.25, 0.3) is 0 Å². The van der Waals surface area contributed by atoms with E-state index >= 15 is 0 Å². The second kappa shape index (κ2) is 8.24. The minimum absolute atomic E-state index is 0.0712. The molecule has 94 valence electrons. The van der Waals surface area contributed by atoms with E-state index < -0.39 is 5.97 Å². The second-order valence-electron chi connectivity index (χ2n) is 4.11. The van der Waals surface area contributed by atoms with Crippen molar-refractivity contribution in [1.29, 1.82) is 0 Å². The first kappa shape index (κ1) is 15.1. The molecule has 0 heterocycles. The van der Waals surface area contributed by atoms with E-state index in [1.165, 1.54) is 0 Å². The third kappa shape index (κ3) is 8.38. The number of nitrogens with zero attached hydrogens (tertiary/aromatic N) is 2. The van der Waals surface area contributed by atoms with E-state index in [9.17, 15) is 9.59 Å². The van der Waals surface area contributed by atoms with Gasteiger partial charge in [0.15, 0.2) is 0 Å². The fourth-order valence-corrected chi connectivity index (χ4v) is 1.55. The summed E-state index contributed by atoms with van der Waals surface area (Å²) >= 11 is 0. The number of hydrogen-bond acceptors (Lipinski definition) is 4. The monoisotopic (exact) mass is 230 g/mol. The lowest BCUT2D eigenvalue weighted by Gasteiger charge is -2.23. The van der Waals surface area contributed by atoms with Gasteiger partial charge in [0.25, 0.3) is 0 Å². The number of carbonyl (C=O) groups excluding carboxylic acids is 1. The van der Waals surface area contributed by atoms with Crippen LogP contribution in [0.3, 0.4) is 0 Å². The van der Waals surface area contributed by atoms with Crippen LogP contribution in [0.2, 0.25) is 0 Å². The SMILES string of the molecule is CCCN(CCN(C)CC(C)=O)CC(=O)O. The Hall–Kier alpha value is -0.940. The molecule has 0 aliphatic carbocycles. The Morgan fingerprint density at radius 3 is 2.19 bits per heavy atom. The van der Waals surface area contributed by atoms with Gasteiger partial charge in [0, 0.05) is 13.1 Å². The van der Waals surface area contributed by atoms with Gasteiger partial charge in [0.05, 0.1) is 13.1 Å². The highest BCUT2D eigenvalue weighted by atomic mass is 16.4. The molecule has 0 radical (unpaired) electrons. The molecular formula is C11H22N2O3. The molecule has 0 aliphatic heterocycles. The molecular weight excluding hydrogens is 208 g/mol.